The van der Waals surface area contributed by atoms with Gasteiger partial charge in [-0.1, -0.05) is 12.1 Å². The minimum Gasteiger partial charge on any atom is -0.238 e. The molecule has 0 amide bonds. The first kappa shape index (κ1) is 8.22. The number of nitrogens with zero attached hydrogens (tertiary/aromatic N) is 1. The Balaban J connectivity index is 3.40. The zero-order valence-corrected chi connectivity index (χ0v) is 7.44. The first-order valence-corrected chi connectivity index (χ1v) is 3.78. The van der Waals surface area contributed by atoms with Crippen LogP contribution in [-0.2, 0) is 0 Å². The van der Waals surface area contributed by atoms with Gasteiger partial charge in [-0.15, -0.1) is 0 Å². The average Bonchev–Trinajstić information content (AvgIpc) is 2.01. The first-order valence-electron chi connectivity index (χ1n) is 2.99. The van der Waals surface area contributed by atoms with E-state index in [9.17, 15) is 4.39 Å². The predicted molar refractivity (Wildman–Crippen MR) is 45.1 cm³/mol. The van der Waals surface area contributed by atoms with Crippen molar-refractivity contribution in [1.29, 1.82) is 0 Å². The van der Waals surface area contributed by atoms with Gasteiger partial charge in [0, 0.05) is 0 Å². The molecule has 0 atom stereocenters. The number of rotatable bonds is 0. The zero-order chi connectivity index (χ0) is 8.43. The average molecular weight is 214 g/mol. The second-order valence-electron chi connectivity index (χ2n) is 2.12. The standard InChI is InChI=1S/C8H5BrFN/c1-5-7(11-2)4-3-6(9)8(5)10/h3-4H,1H3. The third-order valence-electron chi connectivity index (χ3n) is 1.43. The van der Waals surface area contributed by atoms with Crippen LogP contribution in [0.5, 0.6) is 0 Å². The van der Waals surface area contributed by atoms with Gasteiger partial charge in [0.2, 0.25) is 0 Å². The zero-order valence-electron chi connectivity index (χ0n) is 5.86. The summed E-state index contributed by atoms with van der Waals surface area (Å²) in [5, 5.41) is 0. The summed E-state index contributed by atoms with van der Waals surface area (Å²) in [6.07, 6.45) is 0. The molecule has 1 rings (SSSR count). The van der Waals surface area contributed by atoms with Crippen LogP contribution in [0.15, 0.2) is 16.6 Å². The fourth-order valence-corrected chi connectivity index (χ4v) is 1.19. The maximum atomic E-state index is 13.0. The molecule has 0 bridgehead atoms. The van der Waals surface area contributed by atoms with E-state index in [1.54, 1.807) is 13.0 Å². The van der Waals surface area contributed by atoms with Gasteiger partial charge in [0.1, 0.15) is 5.82 Å². The number of hydrogen-bond acceptors (Lipinski definition) is 0. The first-order chi connectivity index (χ1) is 5.16. The van der Waals surface area contributed by atoms with Gasteiger partial charge in [0.05, 0.1) is 11.0 Å². The fourth-order valence-electron chi connectivity index (χ4n) is 0.763. The van der Waals surface area contributed by atoms with Crippen molar-refractivity contribution >= 4 is 21.6 Å². The molecule has 56 valence electrons. The molecule has 11 heavy (non-hydrogen) atoms. The molecule has 0 fully saturated rings. The summed E-state index contributed by atoms with van der Waals surface area (Å²) in [5.41, 5.74) is 0.764. The van der Waals surface area contributed by atoms with E-state index < -0.39 is 0 Å². The molecule has 0 aliphatic heterocycles. The van der Waals surface area contributed by atoms with Crippen molar-refractivity contribution < 1.29 is 4.39 Å². The Morgan fingerprint density at radius 2 is 2.18 bits per heavy atom. The Labute approximate surface area is 72.8 Å². The van der Waals surface area contributed by atoms with Crippen LogP contribution < -0.4 is 0 Å². The van der Waals surface area contributed by atoms with Crippen molar-refractivity contribution in [3.8, 4) is 0 Å². The molecule has 0 saturated heterocycles. The number of halogens is 2. The highest BCUT2D eigenvalue weighted by molar-refractivity contribution is 9.10. The topological polar surface area (TPSA) is 4.36 Å². The largest absolute Gasteiger partial charge is 0.238 e. The van der Waals surface area contributed by atoms with Crippen LogP contribution >= 0.6 is 15.9 Å². The molecule has 0 aliphatic rings. The molecule has 1 nitrogen and oxygen atoms in total. The van der Waals surface area contributed by atoms with E-state index in [1.807, 2.05) is 0 Å². The summed E-state index contributed by atoms with van der Waals surface area (Å²) >= 11 is 3.03. The molecule has 0 aromatic heterocycles. The van der Waals surface area contributed by atoms with Crippen molar-refractivity contribution in [2.75, 3.05) is 0 Å². The van der Waals surface area contributed by atoms with Gasteiger partial charge in [-0.25, -0.2) is 9.24 Å². The lowest BCUT2D eigenvalue weighted by Crippen LogP contribution is -1.82. The summed E-state index contributed by atoms with van der Waals surface area (Å²) in [7, 11) is 0. The lowest BCUT2D eigenvalue weighted by molar-refractivity contribution is 0.613. The molecule has 0 aliphatic carbocycles. The van der Waals surface area contributed by atoms with E-state index in [0.717, 1.165) is 0 Å². The highest BCUT2D eigenvalue weighted by atomic mass is 79.9. The SMILES string of the molecule is [C-]#[N+]c1ccc(Br)c(F)c1C. The van der Waals surface area contributed by atoms with E-state index in [-0.39, 0.29) is 5.82 Å². The summed E-state index contributed by atoms with van der Waals surface area (Å²) in [4.78, 5) is 3.16. The molecule has 0 unspecified atom stereocenters. The summed E-state index contributed by atoms with van der Waals surface area (Å²) in [5.74, 6) is -0.349. The second kappa shape index (κ2) is 3.02. The maximum Gasteiger partial charge on any atom is 0.193 e. The molecule has 0 saturated carbocycles. The Bertz CT molecular complexity index is 328. The van der Waals surface area contributed by atoms with Crippen LogP contribution in [0, 0.1) is 19.3 Å². The van der Waals surface area contributed by atoms with E-state index in [0.29, 0.717) is 15.7 Å². The fraction of sp³-hybridized carbons (Fsp3) is 0.125. The molecular formula is C8H5BrFN. The Kier molecular flexibility index (Phi) is 2.25. The molecule has 0 heterocycles. The third kappa shape index (κ3) is 1.41. The Hall–Kier alpha value is -0.880. The molecule has 0 spiro atoms. The molecule has 0 N–H and O–H groups in total. The Morgan fingerprint density at radius 1 is 1.55 bits per heavy atom. The quantitative estimate of drug-likeness (QED) is 0.582. The van der Waals surface area contributed by atoms with Crippen molar-refractivity contribution in [1.82, 2.24) is 0 Å². The van der Waals surface area contributed by atoms with Crippen molar-refractivity contribution in [3.63, 3.8) is 0 Å². The molecule has 3 heteroatoms. The predicted octanol–water partition coefficient (Wildman–Crippen LogP) is 3.45. The van der Waals surface area contributed by atoms with Crippen LogP contribution in [-0.4, -0.2) is 0 Å². The van der Waals surface area contributed by atoms with Gasteiger partial charge in [-0.2, -0.15) is 0 Å². The van der Waals surface area contributed by atoms with Gasteiger partial charge in [-0.3, -0.25) is 0 Å². The van der Waals surface area contributed by atoms with E-state index in [1.165, 1.54) is 6.07 Å². The normalized spacial score (nSPS) is 9.27. The van der Waals surface area contributed by atoms with E-state index in [2.05, 4.69) is 20.8 Å². The Morgan fingerprint density at radius 3 is 2.73 bits per heavy atom. The lowest BCUT2D eigenvalue weighted by Gasteiger charge is -1.99. The van der Waals surface area contributed by atoms with Gasteiger partial charge < -0.3 is 0 Å². The molecule has 1 aromatic rings. The smallest absolute Gasteiger partial charge is 0.193 e. The molecule has 0 radical (unpaired) electrons. The second-order valence-corrected chi connectivity index (χ2v) is 2.97. The van der Waals surface area contributed by atoms with Gasteiger partial charge >= 0.3 is 0 Å². The number of hydrogen-bond donors (Lipinski definition) is 0. The van der Waals surface area contributed by atoms with Gasteiger partial charge in [-0.05, 0) is 28.4 Å². The van der Waals surface area contributed by atoms with Gasteiger partial charge in [0.25, 0.3) is 0 Å². The number of benzene rings is 1. The summed E-state index contributed by atoms with van der Waals surface area (Å²) < 4.78 is 13.4. The van der Waals surface area contributed by atoms with Crippen molar-refractivity contribution in [2.45, 2.75) is 6.92 Å². The maximum absolute atomic E-state index is 13.0. The summed E-state index contributed by atoms with van der Waals surface area (Å²) in [6, 6.07) is 3.13. The van der Waals surface area contributed by atoms with Crippen LogP contribution in [0.4, 0.5) is 10.1 Å². The van der Waals surface area contributed by atoms with Crippen LogP contribution in [0.25, 0.3) is 4.85 Å². The minimum atomic E-state index is -0.349. The lowest BCUT2D eigenvalue weighted by atomic mass is 10.2. The van der Waals surface area contributed by atoms with Crippen molar-refractivity contribution in [2.24, 2.45) is 0 Å². The third-order valence-corrected chi connectivity index (χ3v) is 2.04. The molecular weight excluding hydrogens is 209 g/mol. The van der Waals surface area contributed by atoms with Crippen LogP contribution in [0.1, 0.15) is 5.56 Å². The van der Waals surface area contributed by atoms with E-state index in [4.69, 9.17) is 6.57 Å². The van der Waals surface area contributed by atoms with Crippen LogP contribution in [0.3, 0.4) is 0 Å². The summed E-state index contributed by atoms with van der Waals surface area (Å²) in [6.45, 7) is 8.29. The van der Waals surface area contributed by atoms with Gasteiger partial charge in [0.15, 0.2) is 5.69 Å². The monoisotopic (exact) mass is 213 g/mol. The minimum absolute atomic E-state index is 0.349. The van der Waals surface area contributed by atoms with Crippen LogP contribution in [0.2, 0.25) is 0 Å². The highest BCUT2D eigenvalue weighted by Crippen LogP contribution is 2.26. The van der Waals surface area contributed by atoms with E-state index >= 15 is 0 Å². The highest BCUT2D eigenvalue weighted by Gasteiger charge is 2.06. The molecule has 1 aromatic carbocycles. The van der Waals surface area contributed by atoms with Crippen molar-refractivity contribution in [3.05, 3.63) is 39.4 Å².